The number of sulfonamides is 1. The Hall–Kier alpha value is -2.16. The quantitative estimate of drug-likeness (QED) is 0.755. The van der Waals surface area contributed by atoms with Crippen LogP contribution in [0.5, 0.6) is 5.75 Å². The monoisotopic (exact) mass is 414 g/mol. The largest absolute Gasteiger partial charge is 0.495 e. The second kappa shape index (κ2) is 8.69. The number of carbonyl (C=O) groups excluding carboxylic acids is 1. The van der Waals surface area contributed by atoms with Gasteiger partial charge in [0.1, 0.15) is 16.5 Å². The molecule has 9 heteroatoms. The summed E-state index contributed by atoms with van der Waals surface area (Å²) < 4.78 is 44.5. The van der Waals surface area contributed by atoms with Crippen molar-refractivity contribution in [2.75, 3.05) is 20.7 Å². The molecule has 0 radical (unpaired) electrons. The van der Waals surface area contributed by atoms with Gasteiger partial charge in [0.05, 0.1) is 19.7 Å². The van der Waals surface area contributed by atoms with Gasteiger partial charge in [-0.05, 0) is 42.8 Å². The summed E-state index contributed by atoms with van der Waals surface area (Å²) in [6.45, 7) is 1.32. The van der Waals surface area contributed by atoms with E-state index in [-0.39, 0.29) is 21.5 Å². The maximum absolute atomic E-state index is 13.0. The van der Waals surface area contributed by atoms with Crippen molar-refractivity contribution in [1.82, 2.24) is 9.62 Å². The average molecular weight is 415 g/mol. The summed E-state index contributed by atoms with van der Waals surface area (Å²) in [5.74, 6) is -0.746. The van der Waals surface area contributed by atoms with E-state index >= 15 is 0 Å². The molecule has 1 amide bonds. The summed E-state index contributed by atoms with van der Waals surface area (Å²) in [4.78, 5) is 12.1. The molecule has 0 fully saturated rings. The van der Waals surface area contributed by atoms with Gasteiger partial charge >= 0.3 is 0 Å². The van der Waals surface area contributed by atoms with Crippen LogP contribution in [0.3, 0.4) is 0 Å². The van der Waals surface area contributed by atoms with Crippen LogP contribution < -0.4 is 10.1 Å². The molecule has 0 bridgehead atoms. The Morgan fingerprint density at radius 3 is 2.48 bits per heavy atom. The van der Waals surface area contributed by atoms with Crippen LogP contribution in [0, 0.1) is 5.82 Å². The normalized spacial score (nSPS) is 12.7. The molecular weight excluding hydrogens is 395 g/mol. The fourth-order valence-electron chi connectivity index (χ4n) is 2.43. The average Bonchev–Trinajstić information content (AvgIpc) is 2.61. The molecular formula is C18H20ClFN2O4S. The Bertz CT molecular complexity index is 919. The van der Waals surface area contributed by atoms with Gasteiger partial charge < -0.3 is 10.1 Å². The van der Waals surface area contributed by atoms with Crippen molar-refractivity contribution in [1.29, 1.82) is 0 Å². The summed E-state index contributed by atoms with van der Waals surface area (Å²) in [7, 11) is -1.36. The number of likely N-dealkylation sites (N-methyl/N-ethyl adjacent to an activating group) is 1. The number of carbonyl (C=O) groups is 1. The molecule has 6 nitrogen and oxygen atoms in total. The lowest BCUT2D eigenvalue weighted by molar-refractivity contribution is -0.121. The van der Waals surface area contributed by atoms with Gasteiger partial charge in [0.25, 0.3) is 0 Å². The number of hydrogen-bond acceptors (Lipinski definition) is 4. The molecule has 0 aromatic heterocycles. The maximum Gasteiger partial charge on any atom is 0.247 e. The van der Waals surface area contributed by atoms with Crippen LogP contribution in [-0.2, 0) is 14.8 Å². The molecule has 27 heavy (non-hydrogen) atoms. The zero-order valence-electron chi connectivity index (χ0n) is 15.1. The van der Waals surface area contributed by atoms with E-state index < -0.39 is 28.5 Å². The van der Waals surface area contributed by atoms with Gasteiger partial charge in [-0.1, -0.05) is 23.7 Å². The number of amides is 1. The molecule has 2 aromatic carbocycles. The predicted octanol–water partition coefficient (Wildman–Crippen LogP) is 2.99. The van der Waals surface area contributed by atoms with Crippen LogP contribution in [0.1, 0.15) is 18.5 Å². The molecule has 146 valence electrons. The Morgan fingerprint density at radius 2 is 1.89 bits per heavy atom. The Balaban J connectivity index is 2.11. The lowest BCUT2D eigenvalue weighted by Gasteiger charge is -2.20. The van der Waals surface area contributed by atoms with Crippen LogP contribution in [-0.4, -0.2) is 39.3 Å². The van der Waals surface area contributed by atoms with Gasteiger partial charge in [-0.3, -0.25) is 4.79 Å². The topological polar surface area (TPSA) is 75.7 Å². The molecule has 2 aromatic rings. The fraction of sp³-hybridized carbons (Fsp3) is 0.278. The first kappa shape index (κ1) is 21.1. The van der Waals surface area contributed by atoms with Crippen LogP contribution in [0.15, 0.2) is 47.4 Å². The standard InChI is InChI=1S/C18H20ClFN2O4S/c1-12(13-4-7-15(20)8-5-13)21-18(23)11-22(2)27(24,25)17-10-14(19)6-9-16(17)26-3/h4-10,12H,11H2,1-3H3,(H,21,23)/t12-/m1/s1. The zero-order chi connectivity index (χ0) is 20.2. The van der Waals surface area contributed by atoms with Crippen LogP contribution in [0.4, 0.5) is 4.39 Å². The van der Waals surface area contributed by atoms with Gasteiger partial charge in [-0.15, -0.1) is 0 Å². The van der Waals surface area contributed by atoms with Crippen LogP contribution in [0.2, 0.25) is 5.02 Å². The van der Waals surface area contributed by atoms with Gasteiger partial charge in [0.2, 0.25) is 15.9 Å². The third-order valence-corrected chi connectivity index (χ3v) is 5.99. The first-order valence-corrected chi connectivity index (χ1v) is 9.81. The highest BCUT2D eigenvalue weighted by molar-refractivity contribution is 7.89. The van der Waals surface area contributed by atoms with Crippen molar-refractivity contribution in [3.8, 4) is 5.75 Å². The van der Waals surface area contributed by atoms with Crippen molar-refractivity contribution in [3.63, 3.8) is 0 Å². The number of methoxy groups -OCH3 is 1. The first-order chi connectivity index (χ1) is 12.6. The molecule has 2 rings (SSSR count). The molecule has 0 aliphatic rings. The summed E-state index contributed by atoms with van der Waals surface area (Å²) >= 11 is 5.89. The van der Waals surface area contributed by atoms with Crippen molar-refractivity contribution in [2.24, 2.45) is 0 Å². The van der Waals surface area contributed by atoms with Gasteiger partial charge in [-0.25, -0.2) is 12.8 Å². The van der Waals surface area contributed by atoms with E-state index in [0.717, 1.165) is 4.31 Å². The first-order valence-electron chi connectivity index (χ1n) is 8.00. The van der Waals surface area contributed by atoms with E-state index in [1.165, 1.54) is 44.5 Å². The maximum atomic E-state index is 13.0. The lowest BCUT2D eigenvalue weighted by atomic mass is 10.1. The molecule has 0 saturated carbocycles. The number of rotatable bonds is 7. The SMILES string of the molecule is COc1ccc(Cl)cc1S(=O)(=O)N(C)CC(=O)N[C@H](C)c1ccc(F)cc1. The minimum absolute atomic E-state index is 0.126. The number of nitrogens with zero attached hydrogens (tertiary/aromatic N) is 1. The summed E-state index contributed by atoms with van der Waals surface area (Å²) in [6.07, 6.45) is 0. The minimum Gasteiger partial charge on any atom is -0.495 e. The van der Waals surface area contributed by atoms with Crippen molar-refractivity contribution in [2.45, 2.75) is 17.9 Å². The second-order valence-electron chi connectivity index (χ2n) is 5.90. The van der Waals surface area contributed by atoms with E-state index in [1.807, 2.05) is 0 Å². The highest BCUT2D eigenvalue weighted by Gasteiger charge is 2.27. The number of benzene rings is 2. The number of ether oxygens (including phenoxy) is 1. The molecule has 0 aliphatic carbocycles. The smallest absolute Gasteiger partial charge is 0.247 e. The number of nitrogens with one attached hydrogen (secondary N) is 1. The number of halogens is 2. The highest BCUT2D eigenvalue weighted by atomic mass is 35.5. The number of hydrogen-bond donors (Lipinski definition) is 1. The molecule has 0 unspecified atom stereocenters. The molecule has 1 N–H and O–H groups in total. The minimum atomic E-state index is -3.99. The lowest BCUT2D eigenvalue weighted by Crippen LogP contribution is -2.39. The van der Waals surface area contributed by atoms with Crippen LogP contribution >= 0.6 is 11.6 Å². The predicted molar refractivity (Wildman–Crippen MR) is 101 cm³/mol. The third-order valence-electron chi connectivity index (χ3n) is 3.93. The van der Waals surface area contributed by atoms with E-state index in [9.17, 15) is 17.6 Å². The van der Waals surface area contributed by atoms with Crippen LogP contribution in [0.25, 0.3) is 0 Å². The molecule has 1 atom stereocenters. The van der Waals surface area contributed by atoms with Crippen molar-refractivity contribution in [3.05, 3.63) is 58.9 Å². The highest BCUT2D eigenvalue weighted by Crippen LogP contribution is 2.29. The second-order valence-corrected chi connectivity index (χ2v) is 8.35. The van der Waals surface area contributed by atoms with Gasteiger partial charge in [-0.2, -0.15) is 4.31 Å². The third kappa shape index (κ3) is 5.18. The van der Waals surface area contributed by atoms with Gasteiger partial charge in [0, 0.05) is 12.1 Å². The summed E-state index contributed by atoms with van der Waals surface area (Å²) in [5, 5.41) is 2.92. The van der Waals surface area contributed by atoms with E-state index in [4.69, 9.17) is 16.3 Å². The molecule has 0 heterocycles. The molecule has 0 aliphatic heterocycles. The Labute approximate surface area is 162 Å². The van der Waals surface area contributed by atoms with E-state index in [0.29, 0.717) is 5.56 Å². The van der Waals surface area contributed by atoms with E-state index in [1.54, 1.807) is 19.1 Å². The van der Waals surface area contributed by atoms with E-state index in [2.05, 4.69) is 5.32 Å². The zero-order valence-corrected chi connectivity index (χ0v) is 16.6. The van der Waals surface area contributed by atoms with Crippen molar-refractivity contribution >= 4 is 27.5 Å². The molecule has 0 spiro atoms. The fourth-order valence-corrected chi connectivity index (χ4v) is 3.97. The summed E-state index contributed by atoms with van der Waals surface area (Å²) in [5.41, 5.74) is 0.701. The molecule has 0 saturated heterocycles. The van der Waals surface area contributed by atoms with Crippen molar-refractivity contribution < 1.29 is 22.3 Å². The Morgan fingerprint density at radius 1 is 1.26 bits per heavy atom. The van der Waals surface area contributed by atoms with Gasteiger partial charge in [0.15, 0.2) is 0 Å². The summed E-state index contributed by atoms with van der Waals surface area (Å²) in [6, 6.07) is 9.51. The Kier molecular flexibility index (Phi) is 6.80.